The number of aromatic nitrogens is 2. The lowest BCUT2D eigenvalue weighted by Crippen LogP contribution is -2.06. The van der Waals surface area contributed by atoms with Crippen LogP contribution in [-0.4, -0.2) is 16.4 Å². The number of nitrogen functional groups attached to an aromatic ring is 1. The van der Waals surface area contributed by atoms with Crippen molar-refractivity contribution in [3.8, 4) is 5.75 Å². The van der Waals surface area contributed by atoms with Crippen LogP contribution in [0.1, 0.15) is 23.9 Å². The van der Waals surface area contributed by atoms with Crippen molar-refractivity contribution in [3.05, 3.63) is 34.9 Å². The fourth-order valence-electron chi connectivity index (χ4n) is 2.24. The predicted molar refractivity (Wildman–Crippen MR) is 82.0 cm³/mol. The number of nitrogens with zero attached hydrogens (tertiary/aromatic N) is 2. The summed E-state index contributed by atoms with van der Waals surface area (Å²) in [7, 11) is 1.91. The Morgan fingerprint density at radius 2 is 2.10 bits per heavy atom. The molecule has 2 aromatic rings. The molecule has 0 amide bonds. The van der Waals surface area contributed by atoms with Gasteiger partial charge in [-0.2, -0.15) is 5.10 Å². The van der Waals surface area contributed by atoms with Crippen LogP contribution in [0.5, 0.6) is 5.75 Å². The molecule has 0 aliphatic carbocycles. The number of halogens is 1. The lowest BCUT2D eigenvalue weighted by molar-refractivity contribution is 0.322. The van der Waals surface area contributed by atoms with E-state index in [0.29, 0.717) is 24.5 Å². The van der Waals surface area contributed by atoms with Gasteiger partial charge in [0.2, 0.25) is 0 Å². The van der Waals surface area contributed by atoms with Gasteiger partial charge in [0.25, 0.3) is 0 Å². The number of aryl methyl sites for hydroxylation is 2. The Kier molecular flexibility index (Phi) is 4.35. The third-order valence-corrected chi connectivity index (χ3v) is 3.52. The van der Waals surface area contributed by atoms with E-state index in [0.717, 1.165) is 17.0 Å². The summed E-state index contributed by atoms with van der Waals surface area (Å²) >= 11 is 0. The minimum absolute atomic E-state index is 0.203. The van der Waals surface area contributed by atoms with Crippen LogP contribution in [-0.2, 0) is 13.6 Å². The quantitative estimate of drug-likeness (QED) is 0.832. The average Bonchev–Trinajstić information content (AvgIpc) is 2.66. The Morgan fingerprint density at radius 3 is 2.67 bits per heavy atom. The number of benzene rings is 1. The van der Waals surface area contributed by atoms with Crippen molar-refractivity contribution in [1.82, 2.24) is 9.78 Å². The number of hydrogen-bond donors (Lipinski definition) is 2. The van der Waals surface area contributed by atoms with Crippen LogP contribution in [0, 0.1) is 19.7 Å². The first-order chi connectivity index (χ1) is 9.93. The van der Waals surface area contributed by atoms with E-state index in [1.807, 2.05) is 32.5 Å². The van der Waals surface area contributed by atoms with E-state index >= 15 is 0 Å². The highest BCUT2D eigenvalue weighted by molar-refractivity contribution is 5.68. The Balaban J connectivity index is 2.21. The second-order valence-corrected chi connectivity index (χ2v) is 4.93. The van der Waals surface area contributed by atoms with E-state index in [2.05, 4.69) is 10.4 Å². The van der Waals surface area contributed by atoms with Crippen molar-refractivity contribution in [3.63, 3.8) is 0 Å². The monoisotopic (exact) mass is 292 g/mol. The summed E-state index contributed by atoms with van der Waals surface area (Å²) in [6.07, 6.45) is 0. The van der Waals surface area contributed by atoms with Gasteiger partial charge < -0.3 is 15.8 Å². The summed E-state index contributed by atoms with van der Waals surface area (Å²) in [6, 6.07) is 2.87. The molecule has 114 valence electrons. The number of anilines is 2. The summed E-state index contributed by atoms with van der Waals surface area (Å²) in [5.41, 5.74) is 10.0. The normalized spacial score (nSPS) is 10.7. The number of hydrogen-bond acceptors (Lipinski definition) is 4. The van der Waals surface area contributed by atoms with Gasteiger partial charge in [0.1, 0.15) is 0 Å². The zero-order chi connectivity index (χ0) is 15.6. The Morgan fingerprint density at radius 1 is 1.38 bits per heavy atom. The third kappa shape index (κ3) is 3.09. The van der Waals surface area contributed by atoms with Crippen LogP contribution in [0.25, 0.3) is 0 Å². The van der Waals surface area contributed by atoms with Crippen LogP contribution in [0.15, 0.2) is 12.1 Å². The second-order valence-electron chi connectivity index (χ2n) is 4.93. The van der Waals surface area contributed by atoms with E-state index in [-0.39, 0.29) is 5.75 Å². The van der Waals surface area contributed by atoms with Gasteiger partial charge in [0, 0.05) is 37.0 Å². The molecule has 0 saturated heterocycles. The topological polar surface area (TPSA) is 65.1 Å². The Bertz CT molecular complexity index is 652. The minimum Gasteiger partial charge on any atom is -0.491 e. The summed E-state index contributed by atoms with van der Waals surface area (Å²) in [6.45, 7) is 6.76. The highest BCUT2D eigenvalue weighted by Gasteiger charge is 2.12. The molecule has 0 saturated carbocycles. The van der Waals surface area contributed by atoms with Crippen LogP contribution in [0.3, 0.4) is 0 Å². The Hall–Kier alpha value is -2.24. The SMILES string of the molecule is CCOc1cc(NCc2c(C)nn(C)c2C)c(N)cc1F. The van der Waals surface area contributed by atoms with Gasteiger partial charge in [-0.1, -0.05) is 0 Å². The number of rotatable bonds is 5. The molecular formula is C15H21FN4O. The zero-order valence-electron chi connectivity index (χ0n) is 12.8. The minimum atomic E-state index is -0.450. The fourth-order valence-corrected chi connectivity index (χ4v) is 2.24. The highest BCUT2D eigenvalue weighted by atomic mass is 19.1. The maximum absolute atomic E-state index is 13.7. The molecule has 0 aliphatic rings. The van der Waals surface area contributed by atoms with E-state index < -0.39 is 5.82 Å². The van der Waals surface area contributed by atoms with Gasteiger partial charge in [-0.15, -0.1) is 0 Å². The van der Waals surface area contributed by atoms with Crippen molar-refractivity contribution in [2.24, 2.45) is 7.05 Å². The van der Waals surface area contributed by atoms with Gasteiger partial charge in [-0.05, 0) is 20.8 Å². The predicted octanol–water partition coefficient (Wildman–Crippen LogP) is 2.77. The van der Waals surface area contributed by atoms with Gasteiger partial charge in [0.05, 0.1) is 23.7 Å². The molecule has 2 rings (SSSR count). The molecule has 1 heterocycles. The maximum Gasteiger partial charge on any atom is 0.167 e. The van der Waals surface area contributed by atoms with Gasteiger partial charge >= 0.3 is 0 Å². The molecule has 0 fully saturated rings. The van der Waals surface area contributed by atoms with Gasteiger partial charge in [-0.25, -0.2) is 4.39 Å². The van der Waals surface area contributed by atoms with Crippen molar-refractivity contribution in [1.29, 1.82) is 0 Å². The summed E-state index contributed by atoms with van der Waals surface area (Å²) in [5.74, 6) is -0.248. The summed E-state index contributed by atoms with van der Waals surface area (Å²) in [4.78, 5) is 0. The van der Waals surface area contributed by atoms with Gasteiger partial charge in [-0.3, -0.25) is 4.68 Å². The molecule has 0 aliphatic heterocycles. The maximum atomic E-state index is 13.7. The number of nitrogens with two attached hydrogens (primary N) is 1. The average molecular weight is 292 g/mol. The molecule has 0 unspecified atom stereocenters. The van der Waals surface area contributed by atoms with E-state index in [1.54, 1.807) is 6.07 Å². The first-order valence-electron chi connectivity index (χ1n) is 6.88. The van der Waals surface area contributed by atoms with Gasteiger partial charge in [0.15, 0.2) is 11.6 Å². The van der Waals surface area contributed by atoms with Crippen LogP contribution < -0.4 is 15.8 Å². The summed E-state index contributed by atoms with van der Waals surface area (Å²) in [5, 5.41) is 7.59. The molecule has 6 heteroatoms. The first-order valence-corrected chi connectivity index (χ1v) is 6.88. The third-order valence-electron chi connectivity index (χ3n) is 3.52. The van der Waals surface area contributed by atoms with Crippen molar-refractivity contribution in [2.75, 3.05) is 17.7 Å². The molecule has 1 aromatic heterocycles. The molecule has 3 N–H and O–H groups in total. The molecule has 0 atom stereocenters. The first kappa shape index (κ1) is 15.2. The van der Waals surface area contributed by atoms with E-state index in [9.17, 15) is 4.39 Å². The molecular weight excluding hydrogens is 271 g/mol. The molecule has 21 heavy (non-hydrogen) atoms. The molecule has 0 radical (unpaired) electrons. The Labute approximate surface area is 123 Å². The van der Waals surface area contributed by atoms with Crippen molar-refractivity contribution in [2.45, 2.75) is 27.3 Å². The fraction of sp³-hybridized carbons (Fsp3) is 0.400. The second kappa shape index (κ2) is 6.03. The highest BCUT2D eigenvalue weighted by Crippen LogP contribution is 2.29. The lowest BCUT2D eigenvalue weighted by Gasteiger charge is -2.13. The van der Waals surface area contributed by atoms with Crippen LogP contribution in [0.4, 0.5) is 15.8 Å². The molecule has 5 nitrogen and oxygen atoms in total. The molecule has 0 bridgehead atoms. The molecule has 0 spiro atoms. The van der Waals surface area contributed by atoms with Crippen LogP contribution >= 0.6 is 0 Å². The van der Waals surface area contributed by atoms with E-state index in [4.69, 9.17) is 10.5 Å². The standard InChI is InChI=1S/C15H21FN4O/c1-5-21-15-7-14(13(17)6-12(15)16)18-8-11-9(2)19-20(4)10(11)3/h6-7,18H,5,8,17H2,1-4H3. The van der Waals surface area contributed by atoms with Crippen molar-refractivity contribution < 1.29 is 9.13 Å². The smallest absolute Gasteiger partial charge is 0.167 e. The van der Waals surface area contributed by atoms with Crippen molar-refractivity contribution >= 4 is 11.4 Å². The number of nitrogens with one attached hydrogen (secondary N) is 1. The van der Waals surface area contributed by atoms with Crippen LogP contribution in [0.2, 0.25) is 0 Å². The largest absolute Gasteiger partial charge is 0.491 e. The molecule has 1 aromatic carbocycles. The lowest BCUT2D eigenvalue weighted by atomic mass is 10.2. The summed E-state index contributed by atoms with van der Waals surface area (Å²) < 4.78 is 20.8. The zero-order valence-corrected chi connectivity index (χ0v) is 12.8. The van der Waals surface area contributed by atoms with E-state index in [1.165, 1.54) is 6.07 Å². The number of ether oxygens (including phenoxy) is 1.